The second-order valence-electron chi connectivity index (χ2n) is 7.52. The quantitative estimate of drug-likeness (QED) is 0.685. The fraction of sp³-hybridized carbons (Fsp3) is 0.526. The normalized spacial score (nSPS) is 13.6. The summed E-state index contributed by atoms with van der Waals surface area (Å²) in [6.45, 7) is 8.77. The van der Waals surface area contributed by atoms with Gasteiger partial charge in [-0.05, 0) is 32.3 Å². The number of carbonyl (C=O) groups excluding carboxylic acids is 3. The Kier molecular flexibility index (Phi) is 7.61. The van der Waals surface area contributed by atoms with Crippen molar-refractivity contribution in [2.75, 3.05) is 0 Å². The van der Waals surface area contributed by atoms with Crippen molar-refractivity contribution in [2.45, 2.75) is 58.7 Å². The van der Waals surface area contributed by atoms with Crippen LogP contribution in [0.4, 0.5) is 4.79 Å². The molecule has 1 aromatic rings. The Hall–Kier alpha value is -2.57. The minimum atomic E-state index is -0.896. The van der Waals surface area contributed by atoms with Crippen LogP contribution in [0.3, 0.4) is 0 Å². The van der Waals surface area contributed by atoms with E-state index < -0.39 is 35.6 Å². The number of amides is 3. The van der Waals surface area contributed by atoms with Gasteiger partial charge in [0.25, 0.3) is 0 Å². The molecule has 0 aliphatic heterocycles. The summed E-state index contributed by atoms with van der Waals surface area (Å²) in [6.07, 6.45) is -0.441. The summed E-state index contributed by atoms with van der Waals surface area (Å²) < 4.78 is 5.23. The summed E-state index contributed by atoms with van der Waals surface area (Å²) in [7, 11) is 0. The molecule has 2 atom stereocenters. The Morgan fingerprint density at radius 3 is 2.12 bits per heavy atom. The summed E-state index contributed by atoms with van der Waals surface area (Å²) in [5, 5.41) is 5.20. The fourth-order valence-electron chi connectivity index (χ4n) is 2.33. The summed E-state index contributed by atoms with van der Waals surface area (Å²) in [5.41, 5.74) is 5.53. The zero-order valence-corrected chi connectivity index (χ0v) is 16.0. The summed E-state index contributed by atoms with van der Waals surface area (Å²) in [6, 6.07) is 7.54. The van der Waals surface area contributed by atoms with Gasteiger partial charge >= 0.3 is 6.09 Å². The van der Waals surface area contributed by atoms with E-state index in [1.807, 2.05) is 30.3 Å². The van der Waals surface area contributed by atoms with Gasteiger partial charge in [-0.25, -0.2) is 4.79 Å². The molecular weight excluding hydrogens is 334 g/mol. The molecule has 0 radical (unpaired) electrons. The van der Waals surface area contributed by atoms with E-state index in [1.165, 1.54) is 0 Å². The number of carbonyl (C=O) groups is 3. The minimum Gasteiger partial charge on any atom is -0.444 e. The molecule has 0 aromatic heterocycles. The Morgan fingerprint density at radius 2 is 1.65 bits per heavy atom. The Bertz CT molecular complexity index is 623. The zero-order chi connectivity index (χ0) is 19.9. The maximum Gasteiger partial charge on any atom is 0.408 e. The number of nitrogens with two attached hydrogens (primary N) is 1. The van der Waals surface area contributed by atoms with Crippen molar-refractivity contribution in [3.63, 3.8) is 0 Å². The van der Waals surface area contributed by atoms with Crippen LogP contribution in [0, 0.1) is 5.92 Å². The fourth-order valence-corrected chi connectivity index (χ4v) is 2.33. The third kappa shape index (κ3) is 7.55. The smallest absolute Gasteiger partial charge is 0.408 e. The number of rotatable bonds is 7. The second-order valence-corrected chi connectivity index (χ2v) is 7.52. The molecule has 1 rings (SSSR count). The van der Waals surface area contributed by atoms with Crippen LogP contribution in [0.2, 0.25) is 0 Å². The molecule has 7 nitrogen and oxygen atoms in total. The molecule has 2 unspecified atom stereocenters. The van der Waals surface area contributed by atoms with E-state index in [-0.39, 0.29) is 12.3 Å². The standard InChI is InChI=1S/C19H29N3O4/c1-12(2)15(16(20)23)22-17(24)14(11-13-9-7-6-8-10-13)21-18(25)26-19(3,4)5/h6-10,12,14-15H,11H2,1-5H3,(H2,20,23)(H,21,25)(H,22,24). The van der Waals surface area contributed by atoms with E-state index in [1.54, 1.807) is 34.6 Å². The van der Waals surface area contributed by atoms with Crippen LogP contribution in [-0.2, 0) is 20.7 Å². The first kappa shape index (κ1) is 21.5. The van der Waals surface area contributed by atoms with E-state index in [0.29, 0.717) is 0 Å². The number of ether oxygens (including phenoxy) is 1. The summed E-state index contributed by atoms with van der Waals surface area (Å²) >= 11 is 0. The van der Waals surface area contributed by atoms with E-state index >= 15 is 0 Å². The summed E-state index contributed by atoms with van der Waals surface area (Å²) in [4.78, 5) is 36.4. The Labute approximate surface area is 154 Å². The molecule has 0 fully saturated rings. The largest absolute Gasteiger partial charge is 0.444 e. The van der Waals surface area contributed by atoms with Gasteiger partial charge in [0.15, 0.2) is 0 Å². The number of alkyl carbamates (subject to hydrolysis) is 1. The van der Waals surface area contributed by atoms with Gasteiger partial charge in [-0.3, -0.25) is 9.59 Å². The highest BCUT2D eigenvalue weighted by Gasteiger charge is 2.29. The molecule has 26 heavy (non-hydrogen) atoms. The molecular formula is C19H29N3O4. The van der Waals surface area contributed by atoms with E-state index in [9.17, 15) is 14.4 Å². The van der Waals surface area contributed by atoms with Crippen molar-refractivity contribution in [2.24, 2.45) is 11.7 Å². The number of benzene rings is 1. The highest BCUT2D eigenvalue weighted by molar-refractivity contribution is 5.91. The average Bonchev–Trinajstić information content (AvgIpc) is 2.50. The monoisotopic (exact) mass is 363 g/mol. The third-order valence-corrected chi connectivity index (χ3v) is 3.56. The van der Waals surface area contributed by atoms with E-state index in [2.05, 4.69) is 10.6 Å². The number of primary amides is 1. The van der Waals surface area contributed by atoms with Crippen LogP contribution in [0.15, 0.2) is 30.3 Å². The predicted molar refractivity (Wildman–Crippen MR) is 99.3 cm³/mol. The lowest BCUT2D eigenvalue weighted by molar-refractivity contribution is -0.129. The molecule has 7 heteroatoms. The van der Waals surface area contributed by atoms with Crippen molar-refractivity contribution < 1.29 is 19.1 Å². The highest BCUT2D eigenvalue weighted by Crippen LogP contribution is 2.09. The van der Waals surface area contributed by atoms with Gasteiger partial charge in [0.2, 0.25) is 11.8 Å². The second kappa shape index (κ2) is 9.22. The van der Waals surface area contributed by atoms with Crippen molar-refractivity contribution in [3.8, 4) is 0 Å². The molecule has 1 aromatic carbocycles. The molecule has 0 aliphatic carbocycles. The van der Waals surface area contributed by atoms with Crippen molar-refractivity contribution in [1.82, 2.24) is 10.6 Å². The van der Waals surface area contributed by atoms with Crippen molar-refractivity contribution >= 4 is 17.9 Å². The number of hydrogen-bond acceptors (Lipinski definition) is 4. The molecule has 0 heterocycles. The minimum absolute atomic E-state index is 0.171. The molecule has 0 saturated carbocycles. The Balaban J connectivity index is 2.93. The van der Waals surface area contributed by atoms with Gasteiger partial charge < -0.3 is 21.1 Å². The summed E-state index contributed by atoms with van der Waals surface area (Å²) in [5.74, 6) is -1.28. The lowest BCUT2D eigenvalue weighted by Gasteiger charge is -2.25. The molecule has 0 aliphatic rings. The highest BCUT2D eigenvalue weighted by atomic mass is 16.6. The number of nitrogens with one attached hydrogen (secondary N) is 2. The SMILES string of the molecule is CC(C)C(NC(=O)C(Cc1ccccc1)NC(=O)OC(C)(C)C)C(N)=O. The van der Waals surface area contributed by atoms with Crippen LogP contribution in [0.1, 0.15) is 40.2 Å². The van der Waals surface area contributed by atoms with Crippen LogP contribution in [-0.4, -0.2) is 35.6 Å². The Morgan fingerprint density at radius 1 is 1.08 bits per heavy atom. The lowest BCUT2D eigenvalue weighted by atomic mass is 10.0. The van der Waals surface area contributed by atoms with Crippen LogP contribution in [0.25, 0.3) is 0 Å². The van der Waals surface area contributed by atoms with Gasteiger partial charge in [-0.15, -0.1) is 0 Å². The van der Waals surface area contributed by atoms with Gasteiger partial charge in [0.05, 0.1) is 0 Å². The molecule has 0 bridgehead atoms. The molecule has 3 amide bonds. The maximum absolute atomic E-state index is 12.7. The maximum atomic E-state index is 12.7. The van der Waals surface area contributed by atoms with Gasteiger partial charge in [0, 0.05) is 6.42 Å². The van der Waals surface area contributed by atoms with Crippen LogP contribution in [0.5, 0.6) is 0 Å². The lowest BCUT2D eigenvalue weighted by Crippen LogP contribution is -2.55. The zero-order valence-electron chi connectivity index (χ0n) is 16.0. The van der Waals surface area contributed by atoms with Gasteiger partial charge in [0.1, 0.15) is 17.7 Å². The van der Waals surface area contributed by atoms with Gasteiger partial charge in [-0.1, -0.05) is 44.2 Å². The average molecular weight is 363 g/mol. The van der Waals surface area contributed by atoms with Gasteiger partial charge in [-0.2, -0.15) is 0 Å². The molecule has 144 valence electrons. The number of hydrogen-bond donors (Lipinski definition) is 3. The van der Waals surface area contributed by atoms with Crippen molar-refractivity contribution in [3.05, 3.63) is 35.9 Å². The molecule has 0 spiro atoms. The third-order valence-electron chi connectivity index (χ3n) is 3.56. The topological polar surface area (TPSA) is 111 Å². The van der Waals surface area contributed by atoms with E-state index in [0.717, 1.165) is 5.56 Å². The first-order chi connectivity index (χ1) is 12.0. The van der Waals surface area contributed by atoms with Crippen LogP contribution < -0.4 is 16.4 Å². The van der Waals surface area contributed by atoms with E-state index in [4.69, 9.17) is 10.5 Å². The first-order valence-corrected chi connectivity index (χ1v) is 8.62. The first-order valence-electron chi connectivity index (χ1n) is 8.62. The predicted octanol–water partition coefficient (Wildman–Crippen LogP) is 1.75. The van der Waals surface area contributed by atoms with Crippen molar-refractivity contribution in [1.29, 1.82) is 0 Å². The molecule has 4 N–H and O–H groups in total. The molecule has 0 saturated heterocycles. The van der Waals surface area contributed by atoms with Crippen LogP contribution >= 0.6 is 0 Å².